The fourth-order valence-corrected chi connectivity index (χ4v) is 5.03. The number of rotatable bonds is 25. The summed E-state index contributed by atoms with van der Waals surface area (Å²) in [7, 11) is -5.04. The average molecular weight is 627 g/mol. The highest BCUT2D eigenvalue weighted by Crippen LogP contribution is 2.25. The second-order valence-corrected chi connectivity index (χ2v) is 11.7. The van der Waals surface area contributed by atoms with Crippen LogP contribution in [0.4, 0.5) is 0 Å². The largest absolute Gasteiger partial charge is 0.457 e. The summed E-state index contributed by atoms with van der Waals surface area (Å²) >= 11 is 0. The second-order valence-electron chi connectivity index (χ2n) is 10.7. The molecule has 42 heavy (non-hydrogen) atoms. The SMILES string of the molecule is CCCCCC/C=C\CCCCCCCCOCC(COC1OC(CO)C(O)C(OS(=O)(=O)O)C1O)OC(=O)CCC. The first kappa shape index (κ1) is 38.9. The molecule has 1 saturated heterocycles. The van der Waals surface area contributed by atoms with Crippen molar-refractivity contribution in [2.24, 2.45) is 0 Å². The van der Waals surface area contributed by atoms with Gasteiger partial charge in [-0.1, -0.05) is 70.9 Å². The fraction of sp³-hybridized carbons (Fsp3) is 0.897. The van der Waals surface area contributed by atoms with Gasteiger partial charge in [0.2, 0.25) is 0 Å². The molecule has 4 N–H and O–H groups in total. The van der Waals surface area contributed by atoms with Crippen LogP contribution in [0.1, 0.15) is 104 Å². The van der Waals surface area contributed by atoms with Gasteiger partial charge in [-0.15, -0.1) is 0 Å². The molecule has 0 amide bonds. The lowest BCUT2D eigenvalue weighted by Gasteiger charge is -2.41. The third-order valence-electron chi connectivity index (χ3n) is 6.86. The lowest BCUT2D eigenvalue weighted by molar-refractivity contribution is -0.301. The number of hydrogen-bond acceptors (Lipinski definition) is 11. The van der Waals surface area contributed by atoms with Crippen molar-refractivity contribution >= 4 is 16.4 Å². The number of carbonyl (C=O) groups excluding carboxylic acids is 1. The van der Waals surface area contributed by atoms with E-state index in [1.54, 1.807) is 0 Å². The second kappa shape index (κ2) is 23.3. The Morgan fingerprint density at radius 3 is 2.10 bits per heavy atom. The van der Waals surface area contributed by atoms with Crippen molar-refractivity contribution in [1.29, 1.82) is 0 Å². The van der Waals surface area contributed by atoms with Gasteiger partial charge in [0.15, 0.2) is 6.29 Å². The molecule has 13 heteroatoms. The molecule has 6 unspecified atom stereocenters. The molecule has 1 fully saturated rings. The molecule has 12 nitrogen and oxygen atoms in total. The zero-order valence-electron chi connectivity index (χ0n) is 25.3. The molecule has 0 aromatic heterocycles. The molecule has 6 atom stereocenters. The average Bonchev–Trinajstić information content (AvgIpc) is 2.94. The van der Waals surface area contributed by atoms with Crippen LogP contribution in [0.15, 0.2) is 12.2 Å². The Bertz CT molecular complexity index is 821. The molecule has 0 aromatic carbocycles. The maximum Gasteiger partial charge on any atom is 0.397 e. The monoisotopic (exact) mass is 626 g/mol. The summed E-state index contributed by atoms with van der Waals surface area (Å²) < 4.78 is 57.7. The minimum atomic E-state index is -5.04. The van der Waals surface area contributed by atoms with Crippen molar-refractivity contribution in [2.45, 2.75) is 141 Å². The van der Waals surface area contributed by atoms with E-state index in [2.05, 4.69) is 23.3 Å². The van der Waals surface area contributed by atoms with Gasteiger partial charge in [0.25, 0.3) is 0 Å². The van der Waals surface area contributed by atoms with Crippen molar-refractivity contribution in [1.82, 2.24) is 0 Å². The predicted octanol–water partition coefficient (Wildman–Crippen LogP) is 3.62. The van der Waals surface area contributed by atoms with E-state index in [1.165, 1.54) is 51.4 Å². The van der Waals surface area contributed by atoms with Crippen LogP contribution in [0.5, 0.6) is 0 Å². The number of ether oxygens (including phenoxy) is 4. The van der Waals surface area contributed by atoms with Crippen LogP contribution in [-0.4, -0.2) is 97.5 Å². The molecule has 1 aliphatic heterocycles. The maximum atomic E-state index is 12.1. The standard InChI is InChI=1S/C29H54O12S/c1-3-5-6-7-8-9-10-11-12-13-14-15-16-17-19-37-21-23(39-25(31)18-4-2)22-38-29-27(33)28(41-42(34,35)36)26(32)24(20-30)40-29/h9-10,23-24,26-30,32-33H,3-8,11-22H2,1-2H3,(H,34,35,36)/b10-9-. The lowest BCUT2D eigenvalue weighted by atomic mass is 9.99. The van der Waals surface area contributed by atoms with Crippen molar-refractivity contribution < 1.29 is 56.2 Å². The van der Waals surface area contributed by atoms with Crippen LogP contribution in [0.3, 0.4) is 0 Å². The van der Waals surface area contributed by atoms with Crippen LogP contribution >= 0.6 is 0 Å². The molecule has 1 aliphatic rings. The van der Waals surface area contributed by atoms with Gasteiger partial charge in [-0.3, -0.25) is 9.35 Å². The van der Waals surface area contributed by atoms with E-state index in [9.17, 15) is 28.5 Å². The summed E-state index contributed by atoms with van der Waals surface area (Å²) in [5.74, 6) is -0.456. The third-order valence-corrected chi connectivity index (χ3v) is 7.32. The first-order valence-corrected chi connectivity index (χ1v) is 16.8. The van der Waals surface area contributed by atoms with Crippen molar-refractivity contribution in [3.63, 3.8) is 0 Å². The molecular weight excluding hydrogens is 572 g/mol. The first-order chi connectivity index (χ1) is 20.1. The molecule has 0 saturated carbocycles. The van der Waals surface area contributed by atoms with Gasteiger partial charge in [0.1, 0.15) is 30.5 Å². The minimum Gasteiger partial charge on any atom is -0.457 e. The number of hydrogen-bond donors (Lipinski definition) is 4. The molecule has 0 aromatic rings. The molecule has 0 aliphatic carbocycles. The topological polar surface area (TPSA) is 178 Å². The van der Waals surface area contributed by atoms with E-state index in [0.717, 1.165) is 25.7 Å². The predicted molar refractivity (Wildman–Crippen MR) is 156 cm³/mol. The summed E-state index contributed by atoms with van der Waals surface area (Å²) in [5, 5.41) is 30.1. The number of aliphatic hydroxyl groups excluding tert-OH is 3. The number of esters is 1. The van der Waals surface area contributed by atoms with Crippen LogP contribution < -0.4 is 0 Å². The van der Waals surface area contributed by atoms with Gasteiger partial charge in [0.05, 0.1) is 19.8 Å². The quantitative estimate of drug-likeness (QED) is 0.0501. The summed E-state index contributed by atoms with van der Waals surface area (Å²) in [6, 6.07) is 0. The Labute approximate surface area is 251 Å². The van der Waals surface area contributed by atoms with Crippen molar-refractivity contribution in [3.05, 3.63) is 12.2 Å². The highest BCUT2D eigenvalue weighted by atomic mass is 32.3. The summed E-state index contributed by atoms with van der Waals surface area (Å²) in [6.45, 7) is 3.53. The Morgan fingerprint density at radius 2 is 1.50 bits per heavy atom. The molecule has 0 bridgehead atoms. The van der Waals surface area contributed by atoms with E-state index in [1.807, 2.05) is 6.92 Å². The Hall–Kier alpha value is -1.16. The normalized spacial score (nSPS) is 23.8. The number of unbranched alkanes of at least 4 members (excludes halogenated alkanes) is 10. The molecule has 1 heterocycles. The van der Waals surface area contributed by atoms with Crippen LogP contribution in [0.25, 0.3) is 0 Å². The zero-order chi connectivity index (χ0) is 31.2. The van der Waals surface area contributed by atoms with Crippen LogP contribution in [0, 0.1) is 0 Å². The van der Waals surface area contributed by atoms with Crippen LogP contribution in [0.2, 0.25) is 0 Å². The van der Waals surface area contributed by atoms with Gasteiger partial charge >= 0.3 is 16.4 Å². The third kappa shape index (κ3) is 17.8. The molecule has 0 spiro atoms. The van der Waals surface area contributed by atoms with E-state index >= 15 is 0 Å². The molecule has 248 valence electrons. The highest BCUT2D eigenvalue weighted by molar-refractivity contribution is 7.80. The van der Waals surface area contributed by atoms with Gasteiger partial charge < -0.3 is 34.3 Å². The minimum absolute atomic E-state index is 0.0278. The molecule has 0 radical (unpaired) electrons. The number of allylic oxidation sites excluding steroid dienone is 2. The Morgan fingerprint density at radius 1 is 0.881 bits per heavy atom. The Balaban J connectivity index is 2.38. The van der Waals surface area contributed by atoms with Crippen molar-refractivity contribution in [2.75, 3.05) is 26.4 Å². The number of aliphatic hydroxyl groups is 3. The summed E-state index contributed by atoms with van der Waals surface area (Å²) in [4.78, 5) is 12.1. The van der Waals surface area contributed by atoms with Gasteiger partial charge in [-0.05, 0) is 38.5 Å². The van der Waals surface area contributed by atoms with E-state index in [4.69, 9.17) is 23.5 Å². The van der Waals surface area contributed by atoms with Gasteiger partial charge in [-0.2, -0.15) is 8.42 Å². The Kier molecular flexibility index (Phi) is 21.5. The van der Waals surface area contributed by atoms with Gasteiger partial charge in [0, 0.05) is 13.0 Å². The highest BCUT2D eigenvalue weighted by Gasteiger charge is 2.48. The van der Waals surface area contributed by atoms with Crippen molar-refractivity contribution in [3.8, 4) is 0 Å². The lowest BCUT2D eigenvalue weighted by Crippen LogP contribution is -2.60. The molecular formula is C29H54O12S. The molecule has 1 rings (SSSR count). The zero-order valence-corrected chi connectivity index (χ0v) is 26.1. The smallest absolute Gasteiger partial charge is 0.397 e. The first-order valence-electron chi connectivity index (χ1n) is 15.4. The van der Waals surface area contributed by atoms with E-state index in [0.29, 0.717) is 13.0 Å². The summed E-state index contributed by atoms with van der Waals surface area (Å²) in [6.07, 6.45) is 10.2. The maximum absolute atomic E-state index is 12.1. The van der Waals surface area contributed by atoms with Gasteiger partial charge in [-0.25, -0.2) is 4.18 Å². The summed E-state index contributed by atoms with van der Waals surface area (Å²) in [5.41, 5.74) is 0. The van der Waals surface area contributed by atoms with Crippen LogP contribution in [-0.2, 0) is 38.3 Å². The van der Waals surface area contributed by atoms with E-state index < -0.39 is 59.8 Å². The number of carbonyl (C=O) groups is 1. The van der Waals surface area contributed by atoms with E-state index in [-0.39, 0.29) is 19.6 Å². The fourth-order valence-electron chi connectivity index (χ4n) is 4.53.